The van der Waals surface area contributed by atoms with Crippen molar-refractivity contribution < 1.29 is 4.74 Å². The Morgan fingerprint density at radius 2 is 1.96 bits per heavy atom. The van der Waals surface area contributed by atoms with Crippen molar-refractivity contribution >= 4 is 59.0 Å². The number of pyridine rings is 1. The molecular formula is C15H25Cl2IN6O. The van der Waals surface area contributed by atoms with E-state index < -0.39 is 0 Å². The minimum atomic E-state index is 0. The Balaban J connectivity index is 0.00000312. The number of halogens is 3. The van der Waals surface area contributed by atoms with Crippen LogP contribution < -0.4 is 16.0 Å². The van der Waals surface area contributed by atoms with Crippen LogP contribution in [0.25, 0.3) is 0 Å². The predicted molar refractivity (Wildman–Crippen MR) is 115 cm³/mol. The number of aliphatic imine (C=N–C) groups is 1. The molecule has 142 valence electrons. The lowest BCUT2D eigenvalue weighted by Crippen LogP contribution is -2.45. The number of hydrogen-bond donors (Lipinski definition) is 3. The summed E-state index contributed by atoms with van der Waals surface area (Å²) < 4.78 is 5.34. The maximum absolute atomic E-state index is 6.06. The Hall–Kier alpha value is -0.550. The summed E-state index contributed by atoms with van der Waals surface area (Å²) in [6.07, 6.45) is 1.56. The molecule has 0 bridgehead atoms. The van der Waals surface area contributed by atoms with Gasteiger partial charge in [0.2, 0.25) is 0 Å². The molecule has 10 heteroatoms. The number of nitrogens with one attached hydrogen (secondary N) is 3. The fraction of sp³-hybridized carbons (Fsp3) is 0.600. The van der Waals surface area contributed by atoms with Crippen molar-refractivity contribution in [3.05, 3.63) is 22.3 Å². The summed E-state index contributed by atoms with van der Waals surface area (Å²) in [5.41, 5.74) is 0. The van der Waals surface area contributed by atoms with E-state index in [1.165, 1.54) is 0 Å². The molecule has 0 saturated carbocycles. The van der Waals surface area contributed by atoms with E-state index in [1.54, 1.807) is 19.3 Å². The van der Waals surface area contributed by atoms with Gasteiger partial charge in [-0.15, -0.1) is 24.0 Å². The normalized spacial score (nSPS) is 15.4. The van der Waals surface area contributed by atoms with Crippen LogP contribution in [0.1, 0.15) is 0 Å². The monoisotopic (exact) mass is 502 g/mol. The number of anilines is 1. The average molecular weight is 503 g/mol. The number of ether oxygens (including phenoxy) is 1. The molecular weight excluding hydrogens is 478 g/mol. The van der Waals surface area contributed by atoms with Crippen molar-refractivity contribution in [1.82, 2.24) is 20.5 Å². The third kappa shape index (κ3) is 8.59. The van der Waals surface area contributed by atoms with Gasteiger partial charge in [-0.3, -0.25) is 9.89 Å². The number of aromatic nitrogens is 1. The van der Waals surface area contributed by atoms with E-state index >= 15 is 0 Å². The maximum Gasteiger partial charge on any atom is 0.191 e. The van der Waals surface area contributed by atoms with Gasteiger partial charge in [0.25, 0.3) is 0 Å². The summed E-state index contributed by atoms with van der Waals surface area (Å²) in [6.45, 7) is 6.81. The number of nitrogens with zero attached hydrogens (tertiary/aromatic N) is 3. The fourth-order valence-electron chi connectivity index (χ4n) is 2.28. The van der Waals surface area contributed by atoms with Crippen LogP contribution in [0.2, 0.25) is 10.0 Å². The fourth-order valence-corrected chi connectivity index (χ4v) is 2.73. The highest BCUT2D eigenvalue weighted by Crippen LogP contribution is 2.21. The molecule has 3 N–H and O–H groups in total. The molecule has 2 rings (SSSR count). The van der Waals surface area contributed by atoms with E-state index in [0.717, 1.165) is 45.4 Å². The van der Waals surface area contributed by atoms with Crippen LogP contribution >= 0.6 is 47.2 Å². The summed E-state index contributed by atoms with van der Waals surface area (Å²) in [4.78, 5) is 10.7. The minimum Gasteiger partial charge on any atom is -0.379 e. The second-order valence-corrected chi connectivity index (χ2v) is 6.13. The van der Waals surface area contributed by atoms with E-state index in [-0.39, 0.29) is 24.0 Å². The Kier molecular flexibility index (Phi) is 11.5. The van der Waals surface area contributed by atoms with Gasteiger partial charge in [0.1, 0.15) is 5.82 Å². The first-order valence-electron chi connectivity index (χ1n) is 7.98. The van der Waals surface area contributed by atoms with Gasteiger partial charge in [0.05, 0.1) is 23.3 Å². The van der Waals surface area contributed by atoms with Crippen molar-refractivity contribution in [1.29, 1.82) is 0 Å². The van der Waals surface area contributed by atoms with Crippen molar-refractivity contribution in [3.63, 3.8) is 0 Å². The second kappa shape index (κ2) is 12.7. The number of morpholine rings is 1. The summed E-state index contributed by atoms with van der Waals surface area (Å²) in [5.74, 6) is 1.40. The van der Waals surface area contributed by atoms with Gasteiger partial charge in [0, 0.05) is 52.5 Å². The summed E-state index contributed by atoms with van der Waals surface area (Å²) >= 11 is 11.9. The topological polar surface area (TPSA) is 73.8 Å². The van der Waals surface area contributed by atoms with Crippen molar-refractivity contribution in [2.45, 2.75) is 0 Å². The lowest BCUT2D eigenvalue weighted by atomic mass is 10.4. The third-order valence-electron chi connectivity index (χ3n) is 3.57. The molecule has 1 aromatic heterocycles. The molecule has 0 atom stereocenters. The predicted octanol–water partition coefficient (Wildman–Crippen LogP) is 1.92. The van der Waals surface area contributed by atoms with E-state index in [9.17, 15) is 0 Å². The van der Waals surface area contributed by atoms with Gasteiger partial charge in [0.15, 0.2) is 5.96 Å². The van der Waals surface area contributed by atoms with Crippen molar-refractivity contribution in [2.24, 2.45) is 4.99 Å². The summed E-state index contributed by atoms with van der Waals surface area (Å²) in [7, 11) is 1.76. The van der Waals surface area contributed by atoms with Crippen LogP contribution in [0.5, 0.6) is 0 Å². The van der Waals surface area contributed by atoms with Crippen LogP contribution in [0.4, 0.5) is 5.82 Å². The van der Waals surface area contributed by atoms with Crippen LogP contribution in [-0.2, 0) is 4.74 Å². The molecule has 0 amide bonds. The lowest BCUT2D eigenvalue weighted by molar-refractivity contribution is 0.0389. The van der Waals surface area contributed by atoms with Crippen molar-refractivity contribution in [2.75, 3.05) is 64.8 Å². The molecule has 7 nitrogen and oxygen atoms in total. The number of guanidine groups is 1. The molecule has 0 aliphatic carbocycles. The molecule has 0 aromatic carbocycles. The molecule has 2 heterocycles. The molecule has 1 saturated heterocycles. The highest BCUT2D eigenvalue weighted by atomic mass is 127. The van der Waals surface area contributed by atoms with Crippen molar-refractivity contribution in [3.8, 4) is 0 Å². The highest BCUT2D eigenvalue weighted by molar-refractivity contribution is 14.0. The van der Waals surface area contributed by atoms with Gasteiger partial charge >= 0.3 is 0 Å². The smallest absolute Gasteiger partial charge is 0.191 e. The quantitative estimate of drug-likeness (QED) is 0.229. The standard InChI is InChI=1S/C15H24Cl2N6O.HI/c1-18-15(21-4-5-23-6-8-24-9-7-23)20-3-2-19-14-13(17)10-12(16)11-22-14;/h10-11H,2-9H2,1H3,(H,19,22)(H2,18,20,21);1H. The molecule has 0 unspecified atom stereocenters. The van der Waals surface area contributed by atoms with Gasteiger partial charge in [-0.1, -0.05) is 23.2 Å². The van der Waals surface area contributed by atoms with E-state index in [2.05, 4.69) is 30.8 Å². The first-order valence-corrected chi connectivity index (χ1v) is 8.74. The Morgan fingerprint density at radius 1 is 1.24 bits per heavy atom. The number of hydrogen-bond acceptors (Lipinski definition) is 5. The van der Waals surface area contributed by atoms with E-state index in [0.29, 0.717) is 29.0 Å². The first-order chi connectivity index (χ1) is 11.7. The Bertz CT molecular complexity index is 543. The lowest BCUT2D eigenvalue weighted by Gasteiger charge is -2.26. The van der Waals surface area contributed by atoms with Crippen LogP contribution in [-0.4, -0.2) is 75.4 Å². The van der Waals surface area contributed by atoms with Crippen LogP contribution in [0, 0.1) is 0 Å². The Labute approximate surface area is 175 Å². The minimum absolute atomic E-state index is 0. The third-order valence-corrected chi connectivity index (χ3v) is 4.06. The molecule has 0 spiro atoms. The van der Waals surface area contributed by atoms with Crippen LogP contribution in [0.3, 0.4) is 0 Å². The van der Waals surface area contributed by atoms with E-state index in [4.69, 9.17) is 27.9 Å². The number of rotatable bonds is 7. The highest BCUT2D eigenvalue weighted by Gasteiger charge is 2.09. The molecule has 1 aliphatic rings. The molecule has 1 fully saturated rings. The Morgan fingerprint density at radius 3 is 2.64 bits per heavy atom. The molecule has 0 radical (unpaired) electrons. The van der Waals surface area contributed by atoms with Gasteiger partial charge in [-0.05, 0) is 6.07 Å². The molecule has 1 aliphatic heterocycles. The zero-order chi connectivity index (χ0) is 17.2. The molecule has 1 aromatic rings. The SMILES string of the molecule is CN=C(NCCNc1ncc(Cl)cc1Cl)NCCN1CCOCC1.I. The van der Waals surface area contributed by atoms with Gasteiger partial charge < -0.3 is 20.7 Å². The first kappa shape index (κ1) is 22.5. The average Bonchev–Trinajstić information content (AvgIpc) is 2.59. The summed E-state index contributed by atoms with van der Waals surface area (Å²) in [5, 5.41) is 10.7. The largest absolute Gasteiger partial charge is 0.379 e. The summed E-state index contributed by atoms with van der Waals surface area (Å²) in [6, 6.07) is 1.66. The van der Waals surface area contributed by atoms with Crippen LogP contribution in [0.15, 0.2) is 17.3 Å². The molecule has 25 heavy (non-hydrogen) atoms. The second-order valence-electron chi connectivity index (χ2n) is 5.29. The zero-order valence-corrected chi connectivity index (χ0v) is 18.1. The van der Waals surface area contributed by atoms with Gasteiger partial charge in [-0.2, -0.15) is 0 Å². The maximum atomic E-state index is 6.06. The van der Waals surface area contributed by atoms with Gasteiger partial charge in [-0.25, -0.2) is 4.98 Å². The van der Waals surface area contributed by atoms with E-state index in [1.807, 2.05) is 0 Å². The zero-order valence-electron chi connectivity index (χ0n) is 14.2.